The van der Waals surface area contributed by atoms with Gasteiger partial charge in [0.05, 0.1) is 0 Å². The molecule has 2 fully saturated rings. The summed E-state index contributed by atoms with van der Waals surface area (Å²) >= 11 is 0. The first-order valence-electron chi connectivity index (χ1n) is 4.56. The Labute approximate surface area is 74.7 Å². The van der Waals surface area contributed by atoms with Crippen molar-refractivity contribution < 1.29 is 17.7 Å². The third kappa shape index (κ3) is 0.784. The van der Waals surface area contributed by atoms with Crippen molar-refractivity contribution in [3.63, 3.8) is 0 Å². The van der Waals surface area contributed by atoms with E-state index in [4.69, 9.17) is 0 Å². The third-order valence-electron chi connectivity index (χ3n) is 4.08. The SMILES string of the molecule is CC1([B-](F)(F)F)CC(=O)C12CCC2. The molecule has 74 valence electrons. The highest BCUT2D eigenvalue weighted by Crippen LogP contribution is 2.73. The lowest BCUT2D eigenvalue weighted by molar-refractivity contribution is -0.154. The van der Waals surface area contributed by atoms with Crippen LogP contribution < -0.4 is 0 Å². The van der Waals surface area contributed by atoms with Crippen LogP contribution in [0, 0.1) is 5.41 Å². The van der Waals surface area contributed by atoms with E-state index in [2.05, 4.69) is 0 Å². The van der Waals surface area contributed by atoms with Gasteiger partial charge in [-0.2, -0.15) is 0 Å². The normalized spacial score (nSPS) is 37.1. The summed E-state index contributed by atoms with van der Waals surface area (Å²) in [6, 6.07) is 0. The Morgan fingerprint density at radius 3 is 2.00 bits per heavy atom. The average Bonchev–Trinajstić information content (AvgIpc) is 1.79. The van der Waals surface area contributed by atoms with Crippen LogP contribution in [0.25, 0.3) is 0 Å². The second kappa shape index (κ2) is 2.12. The van der Waals surface area contributed by atoms with E-state index in [0.29, 0.717) is 12.8 Å². The van der Waals surface area contributed by atoms with Crippen LogP contribution in [0.15, 0.2) is 0 Å². The van der Waals surface area contributed by atoms with Crippen molar-refractivity contribution in [2.45, 2.75) is 37.9 Å². The maximum Gasteiger partial charge on any atom is 0.485 e. The molecule has 0 N–H and O–H groups in total. The Balaban J connectivity index is 2.32. The molecule has 2 saturated carbocycles. The molecule has 13 heavy (non-hydrogen) atoms. The zero-order chi connectivity index (χ0) is 9.91. The number of hydrogen-bond acceptors (Lipinski definition) is 1. The summed E-state index contributed by atoms with van der Waals surface area (Å²) in [6.07, 6.45) is 1.39. The Morgan fingerprint density at radius 1 is 1.31 bits per heavy atom. The van der Waals surface area contributed by atoms with Crippen molar-refractivity contribution >= 4 is 12.8 Å². The van der Waals surface area contributed by atoms with Crippen molar-refractivity contribution in [2.75, 3.05) is 0 Å². The Bertz CT molecular complexity index is 269. The highest BCUT2D eigenvalue weighted by atomic mass is 19.4. The van der Waals surface area contributed by atoms with Crippen molar-refractivity contribution in [3.05, 3.63) is 0 Å². The molecule has 0 aromatic rings. The standard InChI is InChI=1S/C8H11BF3O/c1-7(9(10,11)12)5-6(13)8(7)3-2-4-8/h2-5H2,1H3/q-1. The summed E-state index contributed by atoms with van der Waals surface area (Å²) in [7, 11) is 0. The van der Waals surface area contributed by atoms with Crippen molar-refractivity contribution in [3.8, 4) is 0 Å². The zero-order valence-electron chi connectivity index (χ0n) is 7.45. The summed E-state index contributed by atoms with van der Waals surface area (Å²) in [5.74, 6) is -0.166. The predicted octanol–water partition coefficient (Wildman–Crippen LogP) is 2.74. The summed E-state index contributed by atoms with van der Waals surface area (Å²) in [5, 5.41) is -1.66. The van der Waals surface area contributed by atoms with Gasteiger partial charge in [0.2, 0.25) is 0 Å². The zero-order valence-corrected chi connectivity index (χ0v) is 7.45. The molecular formula is C8H11BF3O-. The lowest BCUT2D eigenvalue weighted by Gasteiger charge is -2.65. The topological polar surface area (TPSA) is 17.1 Å². The van der Waals surface area contributed by atoms with Crippen LogP contribution in [-0.4, -0.2) is 12.8 Å². The van der Waals surface area contributed by atoms with Gasteiger partial charge in [0.15, 0.2) is 0 Å². The van der Waals surface area contributed by atoms with Crippen LogP contribution in [0.3, 0.4) is 0 Å². The molecule has 0 aromatic heterocycles. The Hall–Kier alpha value is -0.475. The fourth-order valence-electron chi connectivity index (χ4n) is 2.69. The molecule has 1 nitrogen and oxygen atoms in total. The van der Waals surface area contributed by atoms with Gasteiger partial charge in [-0.15, -0.1) is 0 Å². The van der Waals surface area contributed by atoms with Crippen molar-refractivity contribution in [1.29, 1.82) is 0 Å². The highest BCUT2D eigenvalue weighted by Gasteiger charge is 2.71. The molecule has 1 spiro atoms. The molecule has 5 heteroatoms. The number of rotatable bonds is 1. The number of hydrogen-bond donors (Lipinski definition) is 0. The minimum atomic E-state index is -4.87. The summed E-state index contributed by atoms with van der Waals surface area (Å²) in [6.45, 7) is -3.66. The molecule has 0 radical (unpaired) electrons. The van der Waals surface area contributed by atoms with Gasteiger partial charge in [-0.05, 0) is 24.6 Å². The Kier molecular flexibility index (Phi) is 1.48. The van der Waals surface area contributed by atoms with Crippen molar-refractivity contribution in [1.82, 2.24) is 0 Å². The van der Waals surface area contributed by atoms with E-state index >= 15 is 0 Å². The summed E-state index contributed by atoms with van der Waals surface area (Å²) in [4.78, 5) is 11.2. The molecule has 1 unspecified atom stereocenters. The Morgan fingerprint density at radius 2 is 1.85 bits per heavy atom. The molecule has 2 rings (SSSR count). The number of halogens is 3. The maximum absolute atomic E-state index is 12.7. The number of Topliss-reactive ketones (excluding diaryl/α,β-unsaturated/α-hetero) is 1. The van der Waals surface area contributed by atoms with Gasteiger partial charge in [0.1, 0.15) is 5.78 Å². The van der Waals surface area contributed by atoms with E-state index in [1.807, 2.05) is 0 Å². The first-order chi connectivity index (χ1) is 5.83. The fourth-order valence-corrected chi connectivity index (χ4v) is 2.69. The molecular weight excluding hydrogens is 180 g/mol. The summed E-state index contributed by atoms with van der Waals surface area (Å²) < 4.78 is 38.1. The van der Waals surface area contributed by atoms with Gasteiger partial charge in [0.25, 0.3) is 0 Å². The van der Waals surface area contributed by atoms with E-state index in [1.165, 1.54) is 6.92 Å². The molecule has 0 bridgehead atoms. The first-order valence-corrected chi connectivity index (χ1v) is 4.56. The molecule has 2 aliphatic rings. The predicted molar refractivity (Wildman–Crippen MR) is 43.4 cm³/mol. The number of carbonyl (C=O) groups excluding carboxylic acids is 1. The van der Waals surface area contributed by atoms with E-state index in [1.54, 1.807) is 0 Å². The number of ketones is 1. The van der Waals surface area contributed by atoms with Crippen LogP contribution in [0.2, 0.25) is 5.31 Å². The summed E-state index contributed by atoms with van der Waals surface area (Å²) in [5.41, 5.74) is -0.995. The van der Waals surface area contributed by atoms with Gasteiger partial charge >= 0.3 is 6.98 Å². The van der Waals surface area contributed by atoms with Crippen LogP contribution in [-0.2, 0) is 4.79 Å². The van der Waals surface area contributed by atoms with Gasteiger partial charge in [0, 0.05) is 5.41 Å². The molecule has 0 amide bonds. The second-order valence-electron chi connectivity index (χ2n) is 4.53. The minimum absolute atomic E-state index is 0.166. The monoisotopic (exact) mass is 191 g/mol. The van der Waals surface area contributed by atoms with Gasteiger partial charge in [-0.3, -0.25) is 4.79 Å². The van der Waals surface area contributed by atoms with E-state index in [-0.39, 0.29) is 12.2 Å². The van der Waals surface area contributed by atoms with Gasteiger partial charge in [-0.25, -0.2) is 0 Å². The molecule has 0 aromatic carbocycles. The van der Waals surface area contributed by atoms with Crippen LogP contribution in [0.5, 0.6) is 0 Å². The van der Waals surface area contributed by atoms with Gasteiger partial charge in [-0.1, -0.05) is 13.3 Å². The third-order valence-corrected chi connectivity index (χ3v) is 4.08. The molecule has 1 atom stereocenters. The van der Waals surface area contributed by atoms with Crippen LogP contribution >= 0.6 is 0 Å². The lowest BCUT2D eigenvalue weighted by Crippen LogP contribution is -2.64. The second-order valence-corrected chi connectivity index (χ2v) is 4.53. The molecule has 0 aliphatic heterocycles. The van der Waals surface area contributed by atoms with E-state index in [0.717, 1.165) is 6.42 Å². The molecule has 0 saturated heterocycles. The quantitative estimate of drug-likeness (QED) is 0.582. The van der Waals surface area contributed by atoms with Crippen LogP contribution in [0.1, 0.15) is 32.6 Å². The van der Waals surface area contributed by atoms with Crippen LogP contribution in [0.4, 0.5) is 12.9 Å². The van der Waals surface area contributed by atoms with Gasteiger partial charge < -0.3 is 12.9 Å². The number of carbonyl (C=O) groups is 1. The maximum atomic E-state index is 12.7. The average molecular weight is 191 g/mol. The lowest BCUT2D eigenvalue weighted by atomic mass is 9.30. The largest absolute Gasteiger partial charge is 0.485 e. The molecule has 2 aliphatic carbocycles. The first kappa shape index (κ1) is 9.09. The smallest absolute Gasteiger partial charge is 0.449 e. The van der Waals surface area contributed by atoms with E-state index < -0.39 is 17.7 Å². The highest BCUT2D eigenvalue weighted by molar-refractivity contribution is 6.64. The fraction of sp³-hybridized carbons (Fsp3) is 0.875. The minimum Gasteiger partial charge on any atom is -0.449 e. The molecule has 0 heterocycles. The van der Waals surface area contributed by atoms with Crippen molar-refractivity contribution in [2.24, 2.45) is 5.41 Å². The van der Waals surface area contributed by atoms with E-state index in [9.17, 15) is 17.7 Å².